The topological polar surface area (TPSA) is 164 Å². The molecule has 0 bridgehead atoms. The Labute approximate surface area is 332 Å². The van der Waals surface area contributed by atoms with Gasteiger partial charge in [0, 0.05) is 43.1 Å². The van der Waals surface area contributed by atoms with Gasteiger partial charge in [-0.25, -0.2) is 9.97 Å². The van der Waals surface area contributed by atoms with E-state index in [9.17, 15) is 22.5 Å². The third-order valence-corrected chi connectivity index (χ3v) is 11.7. The van der Waals surface area contributed by atoms with Gasteiger partial charge in [0.05, 0.1) is 29.7 Å². The molecule has 3 aromatic heterocycles. The van der Waals surface area contributed by atoms with Crippen molar-refractivity contribution in [2.24, 2.45) is 5.41 Å². The highest BCUT2D eigenvalue weighted by Crippen LogP contribution is 2.49. The number of rotatable bonds is 16. The van der Waals surface area contributed by atoms with E-state index in [1.807, 2.05) is 44.6 Å². The van der Waals surface area contributed by atoms with Gasteiger partial charge in [-0.1, -0.05) is 6.07 Å². The maximum atomic E-state index is 14.0. The number of hydrogen-bond acceptors (Lipinski definition) is 12. The summed E-state index contributed by atoms with van der Waals surface area (Å²) in [5.74, 6) is -0.951. The third kappa shape index (κ3) is 9.68. The maximum Gasteiger partial charge on any atom is 0.508 e. The number of halogens is 4. The van der Waals surface area contributed by atoms with Crippen LogP contribution in [-0.4, -0.2) is 75.9 Å². The van der Waals surface area contributed by atoms with Crippen LogP contribution >= 0.6 is 24.0 Å². The molecule has 14 nitrogen and oxygen atoms in total. The highest BCUT2D eigenvalue weighted by atomic mass is 79.9. The van der Waals surface area contributed by atoms with Crippen LogP contribution in [0.4, 0.5) is 36.3 Å². The van der Waals surface area contributed by atoms with Gasteiger partial charge >= 0.3 is 21.3 Å². The average molecular weight is 862 g/mol. The second-order valence-corrected chi connectivity index (χ2v) is 17.0. The van der Waals surface area contributed by atoms with Gasteiger partial charge in [-0.3, -0.25) is 9.48 Å². The van der Waals surface area contributed by atoms with Crippen LogP contribution in [-0.2, 0) is 37.5 Å². The first-order valence-electron chi connectivity index (χ1n) is 17.9. The van der Waals surface area contributed by atoms with Crippen LogP contribution in [0.1, 0.15) is 68.6 Å². The number of anilines is 4. The SMILES string of the molecule is CNC(=O)c1nc(Br)ccc1Nc1nc(Nc2ccc(CCC[P+](=O)OCC3(Cn4cc(B5OC(C)(C)C(C)(C)O5)cn4)CC3)cc2OC)ncc1C(F)(F)F. The number of pyridine rings is 1. The molecule has 3 N–H and O–H groups in total. The Morgan fingerprint density at radius 2 is 1.77 bits per heavy atom. The fourth-order valence-corrected chi connectivity index (χ4v) is 7.21. The molecule has 2 aliphatic rings. The number of nitrogens with one attached hydrogen (secondary N) is 3. The first kappa shape index (κ1) is 41.5. The van der Waals surface area contributed by atoms with E-state index >= 15 is 0 Å². The Bertz CT molecular complexity index is 2090. The number of hydrogen-bond donors (Lipinski definition) is 3. The van der Waals surface area contributed by atoms with Gasteiger partial charge in [-0.05, 0) is 104 Å². The predicted molar refractivity (Wildman–Crippen MR) is 208 cm³/mol. The van der Waals surface area contributed by atoms with Gasteiger partial charge in [-0.15, -0.1) is 4.52 Å². The van der Waals surface area contributed by atoms with Crippen molar-refractivity contribution in [2.75, 3.05) is 37.6 Å². The molecule has 1 atom stereocenters. The molecule has 4 heterocycles. The molecule has 1 saturated carbocycles. The van der Waals surface area contributed by atoms with Crippen LogP contribution in [0, 0.1) is 5.41 Å². The molecule has 1 amide bonds. The average Bonchev–Trinajstić information content (AvgIpc) is 3.67. The lowest BCUT2D eigenvalue weighted by Crippen LogP contribution is -2.41. The van der Waals surface area contributed by atoms with E-state index in [-0.39, 0.29) is 22.7 Å². The molecule has 4 aromatic rings. The van der Waals surface area contributed by atoms with Gasteiger partial charge in [0.1, 0.15) is 28.3 Å². The number of amides is 1. The summed E-state index contributed by atoms with van der Waals surface area (Å²) in [4.78, 5) is 24.5. The van der Waals surface area contributed by atoms with E-state index in [2.05, 4.69) is 51.9 Å². The fraction of sp³-hybridized carbons (Fsp3) is 0.472. The Morgan fingerprint density at radius 3 is 2.43 bits per heavy atom. The zero-order chi connectivity index (χ0) is 40.5. The minimum atomic E-state index is -4.80. The van der Waals surface area contributed by atoms with Crippen LogP contribution < -0.4 is 26.2 Å². The number of aromatic nitrogens is 5. The molecular weight excluding hydrogens is 819 g/mol. The van der Waals surface area contributed by atoms with Gasteiger partial charge in [0.15, 0.2) is 11.9 Å². The Hall–Kier alpha value is -4.16. The number of benzene rings is 1. The summed E-state index contributed by atoms with van der Waals surface area (Å²) >= 11 is 3.18. The minimum Gasteiger partial charge on any atom is -0.495 e. The molecule has 1 aliphatic heterocycles. The molecular formula is C36H43BBrF3N8O6P+. The lowest BCUT2D eigenvalue weighted by atomic mass is 9.82. The smallest absolute Gasteiger partial charge is 0.495 e. The lowest BCUT2D eigenvalue weighted by Gasteiger charge is -2.32. The summed E-state index contributed by atoms with van der Waals surface area (Å²) in [6.45, 7) is 9.07. The summed E-state index contributed by atoms with van der Waals surface area (Å²) in [5, 5.41) is 12.5. The van der Waals surface area contributed by atoms with Crippen molar-refractivity contribution in [1.29, 1.82) is 0 Å². The molecule has 20 heteroatoms. The van der Waals surface area contributed by atoms with Crippen LogP contribution in [0.15, 0.2) is 53.5 Å². The van der Waals surface area contributed by atoms with Crippen molar-refractivity contribution in [3.63, 3.8) is 0 Å². The standard InChI is InChI=1S/C36H42BBrF3N8O6P/c1-33(2)34(3,4)55-37(54-33)23-17-44-49(19-23)20-35(13-14-35)21-53-56(51)15-7-8-22-9-10-25(27(16-22)52-6)46-32-43-18-24(36(39,40)41)30(48-32)45-26-11-12-28(38)47-29(26)31(50)42-5/h9-12,16-19H,7-8,13-15,20-21H2,1-6H3,(H2-,42,43,45,46,48,50)/p+1. The number of methoxy groups -OCH3 is 1. The van der Waals surface area contributed by atoms with Gasteiger partial charge in [-0.2, -0.15) is 23.3 Å². The number of nitrogens with zero attached hydrogens (tertiary/aromatic N) is 5. The number of carbonyl (C=O) groups is 1. The van der Waals surface area contributed by atoms with E-state index in [0.717, 1.165) is 23.9 Å². The van der Waals surface area contributed by atoms with E-state index in [1.165, 1.54) is 26.3 Å². The predicted octanol–water partition coefficient (Wildman–Crippen LogP) is 7.18. The number of alkyl halides is 3. The molecule has 1 aromatic carbocycles. The molecule has 56 heavy (non-hydrogen) atoms. The van der Waals surface area contributed by atoms with E-state index < -0.39 is 49.8 Å². The fourth-order valence-electron chi connectivity index (χ4n) is 5.94. The first-order chi connectivity index (χ1) is 26.4. The summed E-state index contributed by atoms with van der Waals surface area (Å²) in [7, 11) is 0.472. The number of ether oxygens (including phenoxy) is 1. The van der Waals surface area contributed by atoms with Gasteiger partial charge < -0.3 is 30.0 Å². The minimum absolute atomic E-state index is 0.00592. The van der Waals surface area contributed by atoms with Crippen LogP contribution in [0.2, 0.25) is 0 Å². The van der Waals surface area contributed by atoms with Gasteiger partial charge in [0.2, 0.25) is 5.95 Å². The van der Waals surface area contributed by atoms with Crippen LogP contribution in [0.5, 0.6) is 5.75 Å². The number of carbonyl (C=O) groups excluding carboxylic acids is 1. The van der Waals surface area contributed by atoms with Crippen molar-refractivity contribution in [2.45, 2.75) is 77.3 Å². The van der Waals surface area contributed by atoms with Crippen molar-refractivity contribution in [1.82, 2.24) is 30.0 Å². The summed E-state index contributed by atoms with van der Waals surface area (Å²) in [6, 6.07) is 8.20. The Balaban J connectivity index is 1.02. The summed E-state index contributed by atoms with van der Waals surface area (Å²) < 4.78 is 80.7. The van der Waals surface area contributed by atoms with Crippen molar-refractivity contribution >= 4 is 65.6 Å². The van der Waals surface area contributed by atoms with E-state index in [1.54, 1.807) is 18.3 Å². The molecule has 1 saturated heterocycles. The molecule has 0 spiro atoms. The molecule has 298 valence electrons. The van der Waals surface area contributed by atoms with E-state index in [4.69, 9.17) is 18.6 Å². The van der Waals surface area contributed by atoms with E-state index in [0.29, 0.717) is 54.4 Å². The first-order valence-corrected chi connectivity index (χ1v) is 20.1. The maximum absolute atomic E-state index is 14.0. The largest absolute Gasteiger partial charge is 0.508 e. The zero-order valence-electron chi connectivity index (χ0n) is 31.8. The Kier molecular flexibility index (Phi) is 12.1. The summed E-state index contributed by atoms with van der Waals surface area (Å²) in [6.07, 6.45) is 3.01. The molecule has 0 radical (unpaired) electrons. The molecule has 6 rings (SSSR count). The lowest BCUT2D eigenvalue weighted by molar-refractivity contribution is -0.137. The second-order valence-electron chi connectivity index (χ2n) is 14.8. The quantitative estimate of drug-likeness (QED) is 0.0592. The van der Waals surface area contributed by atoms with Gasteiger partial charge in [0.25, 0.3) is 5.91 Å². The summed E-state index contributed by atoms with van der Waals surface area (Å²) in [5.41, 5.74) is -0.111. The number of aryl methyl sites for hydroxylation is 1. The zero-order valence-corrected chi connectivity index (χ0v) is 34.3. The van der Waals surface area contributed by atoms with Crippen molar-refractivity contribution in [3.8, 4) is 5.75 Å². The molecule has 1 aliphatic carbocycles. The third-order valence-electron chi connectivity index (χ3n) is 10.1. The van der Waals surface area contributed by atoms with Crippen molar-refractivity contribution < 1.29 is 41.1 Å². The Morgan fingerprint density at radius 1 is 1.05 bits per heavy atom. The van der Waals surface area contributed by atoms with Crippen molar-refractivity contribution in [3.05, 3.63) is 70.3 Å². The highest BCUT2D eigenvalue weighted by molar-refractivity contribution is 9.10. The monoisotopic (exact) mass is 861 g/mol. The second kappa shape index (κ2) is 16.4. The van der Waals surface area contributed by atoms with Crippen LogP contribution in [0.25, 0.3) is 0 Å². The molecule has 1 unspecified atom stereocenters. The highest BCUT2D eigenvalue weighted by Gasteiger charge is 2.52. The normalized spacial score (nSPS) is 17.0. The van der Waals surface area contributed by atoms with Crippen LogP contribution in [0.3, 0.4) is 0 Å². The molecule has 2 fully saturated rings.